The first-order chi connectivity index (χ1) is 5.27. The quantitative estimate of drug-likeness (QED) is 0.566. The Labute approximate surface area is 63.8 Å². The molecule has 0 amide bonds. The molecule has 0 fully saturated rings. The fourth-order valence-corrected chi connectivity index (χ4v) is 0.663. The molecule has 11 heavy (non-hydrogen) atoms. The van der Waals surface area contributed by atoms with Crippen molar-refractivity contribution in [3.63, 3.8) is 0 Å². The fraction of sp³-hybridized carbons (Fsp3) is 0. The van der Waals surface area contributed by atoms with E-state index in [0.717, 1.165) is 6.21 Å². The highest BCUT2D eigenvalue weighted by atomic mass is 14.7. The normalized spacial score (nSPS) is 8.64. The average molecular weight is 146 g/mol. The maximum atomic E-state index is 8.40. The summed E-state index contributed by atoms with van der Waals surface area (Å²) >= 11 is 0. The SMILES string of the molecule is N#Cc1cc(N)c(C=N)cn1. The van der Waals surface area contributed by atoms with Crippen LogP contribution in [0.4, 0.5) is 5.69 Å². The van der Waals surface area contributed by atoms with Crippen LogP contribution in [0, 0.1) is 16.7 Å². The van der Waals surface area contributed by atoms with E-state index in [-0.39, 0.29) is 5.69 Å². The van der Waals surface area contributed by atoms with Gasteiger partial charge in [0.25, 0.3) is 0 Å². The van der Waals surface area contributed by atoms with Gasteiger partial charge >= 0.3 is 0 Å². The van der Waals surface area contributed by atoms with Crippen LogP contribution >= 0.6 is 0 Å². The van der Waals surface area contributed by atoms with Crippen LogP contribution in [-0.4, -0.2) is 11.2 Å². The molecule has 3 N–H and O–H groups in total. The summed E-state index contributed by atoms with van der Waals surface area (Å²) in [5.74, 6) is 0. The van der Waals surface area contributed by atoms with Crippen molar-refractivity contribution in [3.8, 4) is 6.07 Å². The zero-order valence-electron chi connectivity index (χ0n) is 5.70. The average Bonchev–Trinajstić information content (AvgIpc) is 2.04. The topological polar surface area (TPSA) is 86.5 Å². The van der Waals surface area contributed by atoms with E-state index >= 15 is 0 Å². The van der Waals surface area contributed by atoms with Crippen LogP contribution in [0.25, 0.3) is 0 Å². The van der Waals surface area contributed by atoms with E-state index in [4.69, 9.17) is 16.4 Å². The second-order valence-corrected chi connectivity index (χ2v) is 1.95. The van der Waals surface area contributed by atoms with Crippen molar-refractivity contribution in [1.82, 2.24) is 4.98 Å². The van der Waals surface area contributed by atoms with E-state index in [1.807, 2.05) is 6.07 Å². The summed E-state index contributed by atoms with van der Waals surface area (Å²) in [4.78, 5) is 3.74. The summed E-state index contributed by atoms with van der Waals surface area (Å²) in [5.41, 5.74) is 6.68. The summed E-state index contributed by atoms with van der Waals surface area (Å²) in [7, 11) is 0. The van der Waals surface area contributed by atoms with Gasteiger partial charge in [0, 0.05) is 23.7 Å². The molecule has 1 aromatic rings. The minimum atomic E-state index is 0.271. The molecule has 0 unspecified atom stereocenters. The van der Waals surface area contributed by atoms with Gasteiger partial charge in [-0.15, -0.1) is 0 Å². The van der Waals surface area contributed by atoms with Crippen molar-refractivity contribution in [2.24, 2.45) is 0 Å². The lowest BCUT2D eigenvalue weighted by Crippen LogP contribution is -1.95. The molecule has 1 heterocycles. The number of pyridine rings is 1. The first kappa shape index (κ1) is 7.22. The Hall–Kier alpha value is -1.89. The van der Waals surface area contributed by atoms with E-state index in [2.05, 4.69) is 4.98 Å². The molecule has 0 aromatic carbocycles. The number of nitriles is 1. The molecular weight excluding hydrogens is 140 g/mol. The highest BCUT2D eigenvalue weighted by Crippen LogP contribution is 2.07. The molecule has 0 aliphatic rings. The van der Waals surface area contributed by atoms with Gasteiger partial charge in [0.05, 0.1) is 0 Å². The van der Waals surface area contributed by atoms with Crippen molar-refractivity contribution in [2.75, 3.05) is 5.73 Å². The van der Waals surface area contributed by atoms with Crippen molar-refractivity contribution < 1.29 is 0 Å². The summed E-state index contributed by atoms with van der Waals surface area (Å²) in [6.45, 7) is 0. The van der Waals surface area contributed by atoms with Crippen molar-refractivity contribution in [2.45, 2.75) is 0 Å². The number of aromatic nitrogens is 1. The number of anilines is 1. The fourth-order valence-electron chi connectivity index (χ4n) is 0.663. The van der Waals surface area contributed by atoms with E-state index in [1.54, 1.807) is 0 Å². The van der Waals surface area contributed by atoms with Gasteiger partial charge in [0.2, 0.25) is 0 Å². The minimum absolute atomic E-state index is 0.271. The Kier molecular flexibility index (Phi) is 1.83. The molecule has 0 saturated heterocycles. The van der Waals surface area contributed by atoms with Crippen LogP contribution in [0.3, 0.4) is 0 Å². The van der Waals surface area contributed by atoms with Crippen LogP contribution in [0.15, 0.2) is 12.3 Å². The number of hydrogen-bond donors (Lipinski definition) is 2. The summed E-state index contributed by atoms with van der Waals surface area (Å²) in [5, 5.41) is 15.3. The number of hydrogen-bond acceptors (Lipinski definition) is 4. The van der Waals surface area contributed by atoms with Crippen molar-refractivity contribution in [3.05, 3.63) is 23.5 Å². The third-order valence-corrected chi connectivity index (χ3v) is 1.24. The second-order valence-electron chi connectivity index (χ2n) is 1.95. The predicted molar refractivity (Wildman–Crippen MR) is 41.3 cm³/mol. The molecule has 0 aliphatic heterocycles. The lowest BCUT2D eigenvalue weighted by molar-refractivity contribution is 1.26. The van der Waals surface area contributed by atoms with E-state index in [1.165, 1.54) is 12.3 Å². The monoisotopic (exact) mass is 146 g/mol. The molecule has 0 aliphatic carbocycles. The maximum Gasteiger partial charge on any atom is 0.142 e. The van der Waals surface area contributed by atoms with Gasteiger partial charge in [-0.05, 0) is 6.07 Å². The van der Waals surface area contributed by atoms with Gasteiger partial charge < -0.3 is 11.1 Å². The summed E-state index contributed by atoms with van der Waals surface area (Å²) in [6, 6.07) is 3.30. The number of nitrogens with one attached hydrogen (secondary N) is 1. The Morgan fingerprint density at radius 3 is 2.91 bits per heavy atom. The Morgan fingerprint density at radius 2 is 2.45 bits per heavy atom. The smallest absolute Gasteiger partial charge is 0.142 e. The third-order valence-electron chi connectivity index (χ3n) is 1.24. The first-order valence-corrected chi connectivity index (χ1v) is 2.94. The lowest BCUT2D eigenvalue weighted by Gasteiger charge is -1.96. The van der Waals surface area contributed by atoms with Crippen LogP contribution in [-0.2, 0) is 0 Å². The third kappa shape index (κ3) is 1.33. The van der Waals surface area contributed by atoms with E-state index in [9.17, 15) is 0 Å². The van der Waals surface area contributed by atoms with Gasteiger partial charge in [0.1, 0.15) is 11.8 Å². The maximum absolute atomic E-state index is 8.40. The number of nitrogens with zero attached hydrogens (tertiary/aromatic N) is 2. The Bertz CT molecular complexity index is 324. The molecule has 0 bridgehead atoms. The van der Waals surface area contributed by atoms with Gasteiger partial charge in [-0.2, -0.15) is 5.26 Å². The highest BCUT2D eigenvalue weighted by molar-refractivity contribution is 5.84. The van der Waals surface area contributed by atoms with Crippen LogP contribution in [0.2, 0.25) is 0 Å². The van der Waals surface area contributed by atoms with E-state index in [0.29, 0.717) is 11.3 Å². The summed E-state index contributed by atoms with van der Waals surface area (Å²) < 4.78 is 0. The van der Waals surface area contributed by atoms with Crippen LogP contribution in [0.1, 0.15) is 11.3 Å². The molecule has 0 atom stereocenters. The molecule has 4 heteroatoms. The molecule has 0 saturated carbocycles. The van der Waals surface area contributed by atoms with Gasteiger partial charge in [0.15, 0.2) is 0 Å². The first-order valence-electron chi connectivity index (χ1n) is 2.94. The van der Waals surface area contributed by atoms with Gasteiger partial charge in [-0.1, -0.05) is 0 Å². The Balaban J connectivity index is 3.22. The molecule has 1 aromatic heterocycles. The Morgan fingerprint density at radius 1 is 1.73 bits per heavy atom. The van der Waals surface area contributed by atoms with Crippen LogP contribution in [0.5, 0.6) is 0 Å². The predicted octanol–water partition coefficient (Wildman–Crippen LogP) is 0.533. The summed E-state index contributed by atoms with van der Waals surface area (Å²) in [6.07, 6.45) is 2.50. The molecule has 0 radical (unpaired) electrons. The second kappa shape index (κ2) is 2.80. The standard InChI is InChI=1S/C7H6N4/c8-2-5-4-11-6(3-9)1-7(5)10/h1-2,4,8H,(H2,10,11). The molecular formula is C7H6N4. The zero-order valence-corrected chi connectivity index (χ0v) is 5.70. The number of rotatable bonds is 1. The minimum Gasteiger partial charge on any atom is -0.398 e. The van der Waals surface area contributed by atoms with Gasteiger partial charge in [-0.3, -0.25) is 0 Å². The van der Waals surface area contributed by atoms with Crippen molar-refractivity contribution in [1.29, 1.82) is 10.7 Å². The number of nitrogens with two attached hydrogens (primary N) is 1. The lowest BCUT2D eigenvalue weighted by atomic mass is 10.2. The van der Waals surface area contributed by atoms with Gasteiger partial charge in [-0.25, -0.2) is 4.98 Å². The highest BCUT2D eigenvalue weighted by Gasteiger charge is 1.97. The zero-order chi connectivity index (χ0) is 8.27. The molecule has 1 rings (SSSR count). The van der Waals surface area contributed by atoms with E-state index < -0.39 is 0 Å². The largest absolute Gasteiger partial charge is 0.398 e. The molecule has 4 nitrogen and oxygen atoms in total. The molecule has 0 spiro atoms. The van der Waals surface area contributed by atoms with Crippen molar-refractivity contribution >= 4 is 11.9 Å². The number of nitrogen functional groups attached to an aromatic ring is 1. The van der Waals surface area contributed by atoms with Crippen LogP contribution < -0.4 is 5.73 Å². The molecule has 54 valence electrons.